The number of hydrogen-bond acceptors (Lipinski definition) is 4. The molecule has 2 N–H and O–H groups in total. The number of amides is 1. The lowest BCUT2D eigenvalue weighted by Crippen LogP contribution is -2.41. The van der Waals surface area contributed by atoms with Crippen molar-refractivity contribution in [2.24, 2.45) is 5.92 Å². The molecule has 1 amide bonds. The molecule has 0 saturated heterocycles. The Kier molecular flexibility index (Phi) is 4.66. The molecule has 1 saturated carbocycles. The highest BCUT2D eigenvalue weighted by Gasteiger charge is 2.31. The number of halogens is 1. The summed E-state index contributed by atoms with van der Waals surface area (Å²) in [6, 6.07) is 6.56. The number of nitrogens with one attached hydrogen (secondary N) is 1. The largest absolute Gasteiger partial charge is 0.480 e. The molecule has 3 rings (SSSR count). The maximum atomic E-state index is 12.4. The number of benzene rings is 1. The Hall–Kier alpha value is -2.22. The molecule has 0 radical (unpaired) electrons. The standard InChI is InChI=1S/C16H17BrN4O3/c1-9-14(15(22)18-13(16(23)24)7-10-5-6-10)19-20-21(9)12-4-2-3-11(17)8-12/h2-4,8,10,13H,5-7H2,1H3,(H,18,22)(H,23,24). The maximum Gasteiger partial charge on any atom is 0.326 e. The summed E-state index contributed by atoms with van der Waals surface area (Å²) in [5.41, 5.74) is 1.46. The van der Waals surface area contributed by atoms with Crippen molar-refractivity contribution in [3.8, 4) is 5.69 Å². The Morgan fingerprint density at radius 2 is 2.21 bits per heavy atom. The summed E-state index contributed by atoms with van der Waals surface area (Å²) in [4.78, 5) is 23.7. The van der Waals surface area contributed by atoms with E-state index in [-0.39, 0.29) is 5.69 Å². The third-order valence-electron chi connectivity index (χ3n) is 4.03. The van der Waals surface area contributed by atoms with Gasteiger partial charge in [-0.15, -0.1) is 5.10 Å². The number of carboxylic acid groups (broad SMARTS) is 1. The van der Waals surface area contributed by atoms with Crippen molar-refractivity contribution in [1.29, 1.82) is 0 Å². The second kappa shape index (κ2) is 6.72. The van der Waals surface area contributed by atoms with E-state index in [2.05, 4.69) is 31.6 Å². The van der Waals surface area contributed by atoms with E-state index in [0.29, 0.717) is 18.0 Å². The van der Waals surface area contributed by atoms with E-state index in [1.807, 2.05) is 24.3 Å². The van der Waals surface area contributed by atoms with Crippen LogP contribution < -0.4 is 5.32 Å². The highest BCUT2D eigenvalue weighted by molar-refractivity contribution is 9.10. The van der Waals surface area contributed by atoms with E-state index in [0.717, 1.165) is 23.0 Å². The molecule has 0 bridgehead atoms. The Bertz CT molecular complexity index is 785. The zero-order valence-electron chi connectivity index (χ0n) is 13.1. The normalized spacial score (nSPS) is 15.1. The average Bonchev–Trinajstić information content (AvgIpc) is 3.26. The predicted octanol–water partition coefficient (Wildman–Crippen LogP) is 2.32. The predicted molar refractivity (Wildman–Crippen MR) is 90.0 cm³/mol. The molecule has 1 unspecified atom stereocenters. The van der Waals surface area contributed by atoms with Gasteiger partial charge in [-0.25, -0.2) is 9.48 Å². The van der Waals surface area contributed by atoms with Crippen LogP contribution in [-0.2, 0) is 4.79 Å². The Balaban J connectivity index is 1.79. The first-order chi connectivity index (χ1) is 11.5. The van der Waals surface area contributed by atoms with E-state index in [1.54, 1.807) is 11.6 Å². The number of rotatable bonds is 6. The Morgan fingerprint density at radius 3 is 2.83 bits per heavy atom. The van der Waals surface area contributed by atoms with Crippen LogP contribution >= 0.6 is 15.9 Å². The van der Waals surface area contributed by atoms with Gasteiger partial charge >= 0.3 is 5.97 Å². The van der Waals surface area contributed by atoms with Gasteiger partial charge < -0.3 is 10.4 Å². The second-order valence-corrected chi connectivity index (χ2v) is 6.87. The molecule has 1 aliphatic carbocycles. The van der Waals surface area contributed by atoms with Gasteiger partial charge in [0.15, 0.2) is 5.69 Å². The summed E-state index contributed by atoms with van der Waals surface area (Å²) < 4.78 is 2.44. The minimum atomic E-state index is -1.02. The highest BCUT2D eigenvalue weighted by Crippen LogP contribution is 2.33. The van der Waals surface area contributed by atoms with Gasteiger partial charge in [0.2, 0.25) is 0 Å². The SMILES string of the molecule is Cc1c(C(=O)NC(CC2CC2)C(=O)O)nnn1-c1cccc(Br)c1. The van der Waals surface area contributed by atoms with Crippen LogP contribution in [-0.4, -0.2) is 38.0 Å². The van der Waals surface area contributed by atoms with Gasteiger partial charge in [0.05, 0.1) is 11.4 Å². The van der Waals surface area contributed by atoms with Gasteiger partial charge in [0.25, 0.3) is 5.91 Å². The van der Waals surface area contributed by atoms with E-state index >= 15 is 0 Å². The lowest BCUT2D eigenvalue weighted by molar-refractivity contribution is -0.139. The van der Waals surface area contributed by atoms with Crippen LogP contribution in [0.15, 0.2) is 28.7 Å². The number of aliphatic carboxylic acids is 1. The number of carbonyl (C=O) groups excluding carboxylic acids is 1. The lowest BCUT2D eigenvalue weighted by Gasteiger charge is -2.13. The monoisotopic (exact) mass is 392 g/mol. The van der Waals surface area contributed by atoms with Gasteiger partial charge in [-0.05, 0) is 37.5 Å². The van der Waals surface area contributed by atoms with E-state index < -0.39 is 17.9 Å². The lowest BCUT2D eigenvalue weighted by atomic mass is 10.1. The van der Waals surface area contributed by atoms with Gasteiger partial charge in [0.1, 0.15) is 6.04 Å². The third-order valence-corrected chi connectivity index (χ3v) is 4.53. The first-order valence-corrected chi connectivity index (χ1v) is 8.47. The summed E-state index contributed by atoms with van der Waals surface area (Å²) in [6.45, 7) is 1.73. The van der Waals surface area contributed by atoms with Crippen molar-refractivity contribution in [3.63, 3.8) is 0 Å². The number of hydrogen-bond donors (Lipinski definition) is 2. The zero-order valence-corrected chi connectivity index (χ0v) is 14.7. The first-order valence-electron chi connectivity index (χ1n) is 7.67. The minimum absolute atomic E-state index is 0.136. The fraction of sp³-hybridized carbons (Fsp3) is 0.375. The topological polar surface area (TPSA) is 97.1 Å². The molecule has 1 aromatic heterocycles. The summed E-state index contributed by atoms with van der Waals surface area (Å²) in [6.07, 6.45) is 2.51. The van der Waals surface area contributed by atoms with Crippen molar-refractivity contribution in [2.45, 2.75) is 32.2 Å². The van der Waals surface area contributed by atoms with Crippen LogP contribution in [0.2, 0.25) is 0 Å². The van der Waals surface area contributed by atoms with Crippen LogP contribution in [0.1, 0.15) is 35.4 Å². The summed E-state index contributed by atoms with van der Waals surface area (Å²) in [5, 5.41) is 19.8. The minimum Gasteiger partial charge on any atom is -0.480 e. The number of aromatic nitrogens is 3. The molecule has 1 fully saturated rings. The van der Waals surface area contributed by atoms with Crippen molar-refractivity contribution in [2.75, 3.05) is 0 Å². The van der Waals surface area contributed by atoms with Crippen LogP contribution in [0, 0.1) is 12.8 Å². The summed E-state index contributed by atoms with van der Waals surface area (Å²) in [5.74, 6) is -1.14. The second-order valence-electron chi connectivity index (χ2n) is 5.96. The number of carbonyl (C=O) groups is 2. The fourth-order valence-electron chi connectivity index (χ4n) is 2.53. The van der Waals surface area contributed by atoms with Crippen molar-refractivity contribution in [3.05, 3.63) is 40.1 Å². The molecule has 0 aliphatic heterocycles. The van der Waals surface area contributed by atoms with Gasteiger partial charge in [-0.2, -0.15) is 0 Å². The van der Waals surface area contributed by atoms with Crippen molar-refractivity contribution in [1.82, 2.24) is 20.3 Å². The third kappa shape index (κ3) is 3.64. The molecule has 1 aliphatic rings. The Labute approximate surface area is 147 Å². The smallest absolute Gasteiger partial charge is 0.326 e. The Morgan fingerprint density at radius 1 is 1.46 bits per heavy atom. The van der Waals surface area contributed by atoms with Crippen LogP contribution in [0.25, 0.3) is 5.69 Å². The van der Waals surface area contributed by atoms with Crippen molar-refractivity contribution >= 4 is 27.8 Å². The quantitative estimate of drug-likeness (QED) is 0.785. The molecule has 8 heteroatoms. The van der Waals surface area contributed by atoms with E-state index in [9.17, 15) is 14.7 Å². The first kappa shape index (κ1) is 16.6. The molecule has 1 atom stereocenters. The number of nitrogens with zero attached hydrogens (tertiary/aromatic N) is 3. The molecular formula is C16H17BrN4O3. The molecule has 0 spiro atoms. The van der Waals surface area contributed by atoms with Gasteiger partial charge in [-0.3, -0.25) is 4.79 Å². The summed E-state index contributed by atoms with van der Waals surface area (Å²) >= 11 is 3.39. The van der Waals surface area contributed by atoms with Gasteiger partial charge in [-0.1, -0.05) is 40.1 Å². The molecule has 1 aromatic carbocycles. The molecule has 1 heterocycles. The fourth-order valence-corrected chi connectivity index (χ4v) is 2.91. The van der Waals surface area contributed by atoms with Crippen molar-refractivity contribution < 1.29 is 14.7 Å². The van der Waals surface area contributed by atoms with Crippen LogP contribution in [0.4, 0.5) is 0 Å². The zero-order chi connectivity index (χ0) is 17.3. The molecule has 2 aromatic rings. The highest BCUT2D eigenvalue weighted by atomic mass is 79.9. The summed E-state index contributed by atoms with van der Waals surface area (Å²) in [7, 11) is 0. The average molecular weight is 393 g/mol. The van der Waals surface area contributed by atoms with E-state index in [4.69, 9.17) is 0 Å². The molecule has 126 valence electrons. The number of carboxylic acids is 1. The molecule has 24 heavy (non-hydrogen) atoms. The molecule has 7 nitrogen and oxygen atoms in total. The van der Waals surface area contributed by atoms with Gasteiger partial charge in [0, 0.05) is 4.47 Å². The van der Waals surface area contributed by atoms with E-state index in [1.165, 1.54) is 0 Å². The maximum absolute atomic E-state index is 12.4. The van der Waals surface area contributed by atoms with Crippen LogP contribution in [0.5, 0.6) is 0 Å². The van der Waals surface area contributed by atoms with Crippen LogP contribution in [0.3, 0.4) is 0 Å². The molecular weight excluding hydrogens is 376 g/mol.